The SMILES string of the molecule is CCCNc1nc(C)cc(-n2ccc(C(N)=O)n2)n1. The maximum Gasteiger partial charge on any atom is 0.269 e. The van der Waals surface area contributed by atoms with E-state index >= 15 is 0 Å². The molecule has 0 bridgehead atoms. The van der Waals surface area contributed by atoms with Crippen LogP contribution in [0.1, 0.15) is 29.5 Å². The Morgan fingerprint density at radius 3 is 2.89 bits per heavy atom. The minimum atomic E-state index is -0.561. The number of nitrogens with zero attached hydrogens (tertiary/aromatic N) is 4. The molecular weight excluding hydrogens is 244 g/mol. The minimum absolute atomic E-state index is 0.208. The van der Waals surface area contributed by atoms with E-state index in [0.29, 0.717) is 11.8 Å². The molecule has 2 aromatic rings. The largest absolute Gasteiger partial charge is 0.364 e. The predicted octanol–water partition coefficient (Wildman–Crippen LogP) is 0.892. The van der Waals surface area contributed by atoms with E-state index in [1.54, 1.807) is 18.3 Å². The zero-order chi connectivity index (χ0) is 13.8. The Kier molecular flexibility index (Phi) is 3.74. The van der Waals surface area contributed by atoms with Crippen LogP contribution >= 0.6 is 0 Å². The van der Waals surface area contributed by atoms with E-state index in [9.17, 15) is 4.79 Å². The molecule has 0 aromatic carbocycles. The molecule has 0 unspecified atom stereocenters. The molecule has 0 fully saturated rings. The average Bonchev–Trinajstić information content (AvgIpc) is 2.85. The number of rotatable bonds is 5. The number of nitrogens with one attached hydrogen (secondary N) is 1. The fraction of sp³-hybridized carbons (Fsp3) is 0.333. The maximum atomic E-state index is 11.0. The van der Waals surface area contributed by atoms with E-state index in [-0.39, 0.29) is 5.69 Å². The van der Waals surface area contributed by atoms with Crippen LogP contribution in [0.3, 0.4) is 0 Å². The summed E-state index contributed by atoms with van der Waals surface area (Å²) in [4.78, 5) is 19.6. The molecule has 2 rings (SSSR count). The van der Waals surface area contributed by atoms with Gasteiger partial charge in [-0.3, -0.25) is 4.79 Å². The standard InChI is InChI=1S/C12H16N6O/c1-3-5-14-12-15-8(2)7-10(16-12)18-6-4-9(17-18)11(13)19/h4,6-7H,3,5H2,1-2H3,(H2,13,19)(H,14,15,16). The quantitative estimate of drug-likeness (QED) is 0.831. The zero-order valence-electron chi connectivity index (χ0n) is 10.9. The van der Waals surface area contributed by atoms with Gasteiger partial charge in [-0.25, -0.2) is 9.67 Å². The van der Waals surface area contributed by atoms with E-state index in [1.807, 2.05) is 6.92 Å². The summed E-state index contributed by atoms with van der Waals surface area (Å²) in [5.41, 5.74) is 6.20. The van der Waals surface area contributed by atoms with Gasteiger partial charge in [0.25, 0.3) is 5.91 Å². The lowest BCUT2D eigenvalue weighted by Crippen LogP contribution is -2.13. The third-order valence-electron chi connectivity index (χ3n) is 2.45. The summed E-state index contributed by atoms with van der Waals surface area (Å²) >= 11 is 0. The normalized spacial score (nSPS) is 10.4. The van der Waals surface area contributed by atoms with Gasteiger partial charge < -0.3 is 11.1 Å². The van der Waals surface area contributed by atoms with Crippen molar-refractivity contribution >= 4 is 11.9 Å². The number of amides is 1. The van der Waals surface area contributed by atoms with Gasteiger partial charge in [-0.2, -0.15) is 10.1 Å². The Hall–Kier alpha value is -2.44. The summed E-state index contributed by atoms with van der Waals surface area (Å²) in [5.74, 6) is 0.584. The second-order valence-electron chi connectivity index (χ2n) is 4.13. The van der Waals surface area contributed by atoms with Crippen LogP contribution in [0.2, 0.25) is 0 Å². The molecule has 2 aromatic heterocycles. The number of primary amides is 1. The third-order valence-corrected chi connectivity index (χ3v) is 2.45. The summed E-state index contributed by atoms with van der Waals surface area (Å²) in [6.07, 6.45) is 2.63. The van der Waals surface area contributed by atoms with Gasteiger partial charge >= 0.3 is 0 Å². The van der Waals surface area contributed by atoms with E-state index < -0.39 is 5.91 Å². The number of hydrogen-bond acceptors (Lipinski definition) is 5. The van der Waals surface area contributed by atoms with Crippen LogP contribution in [0.25, 0.3) is 5.82 Å². The van der Waals surface area contributed by atoms with E-state index in [0.717, 1.165) is 18.7 Å². The zero-order valence-corrected chi connectivity index (χ0v) is 10.9. The van der Waals surface area contributed by atoms with Gasteiger partial charge in [0.1, 0.15) is 5.69 Å². The smallest absolute Gasteiger partial charge is 0.269 e. The maximum absolute atomic E-state index is 11.0. The van der Waals surface area contributed by atoms with Gasteiger partial charge in [-0.1, -0.05) is 6.92 Å². The van der Waals surface area contributed by atoms with Crippen LogP contribution in [0, 0.1) is 6.92 Å². The van der Waals surface area contributed by atoms with Crippen molar-refractivity contribution in [1.82, 2.24) is 19.7 Å². The highest BCUT2D eigenvalue weighted by atomic mass is 16.1. The number of anilines is 1. The molecule has 0 atom stereocenters. The van der Waals surface area contributed by atoms with Crippen molar-refractivity contribution < 1.29 is 4.79 Å². The Labute approximate surface area is 110 Å². The first kappa shape index (κ1) is 13.0. The Balaban J connectivity index is 2.32. The van der Waals surface area contributed by atoms with Gasteiger partial charge in [0, 0.05) is 24.5 Å². The second kappa shape index (κ2) is 5.47. The molecule has 3 N–H and O–H groups in total. The van der Waals surface area contributed by atoms with Gasteiger partial charge in [-0.05, 0) is 19.4 Å². The molecule has 0 aliphatic carbocycles. The topological polar surface area (TPSA) is 98.7 Å². The van der Waals surface area contributed by atoms with Crippen LogP contribution in [-0.4, -0.2) is 32.2 Å². The fourth-order valence-corrected chi connectivity index (χ4v) is 1.57. The van der Waals surface area contributed by atoms with E-state index in [2.05, 4.69) is 27.3 Å². The molecule has 1 amide bonds. The molecule has 0 radical (unpaired) electrons. The van der Waals surface area contributed by atoms with Gasteiger partial charge in [0.2, 0.25) is 5.95 Å². The number of carbonyl (C=O) groups is 1. The average molecular weight is 260 g/mol. The van der Waals surface area contributed by atoms with Crippen LogP contribution in [0.5, 0.6) is 0 Å². The molecule has 0 aliphatic rings. The van der Waals surface area contributed by atoms with Crippen LogP contribution < -0.4 is 11.1 Å². The summed E-state index contributed by atoms with van der Waals surface area (Å²) in [6, 6.07) is 3.34. The third kappa shape index (κ3) is 3.06. The lowest BCUT2D eigenvalue weighted by atomic mass is 10.4. The van der Waals surface area contributed by atoms with Gasteiger partial charge in [0.15, 0.2) is 5.82 Å². The Morgan fingerprint density at radius 1 is 1.47 bits per heavy atom. The van der Waals surface area contributed by atoms with Crippen molar-refractivity contribution in [2.24, 2.45) is 5.73 Å². The minimum Gasteiger partial charge on any atom is -0.364 e. The molecule has 0 aliphatic heterocycles. The van der Waals surface area contributed by atoms with E-state index in [4.69, 9.17) is 5.73 Å². The molecule has 0 saturated heterocycles. The molecule has 0 saturated carbocycles. The highest BCUT2D eigenvalue weighted by Gasteiger charge is 2.08. The van der Waals surface area contributed by atoms with Crippen molar-refractivity contribution in [3.63, 3.8) is 0 Å². The molecule has 0 spiro atoms. The van der Waals surface area contributed by atoms with Crippen molar-refractivity contribution in [2.45, 2.75) is 20.3 Å². The molecule has 19 heavy (non-hydrogen) atoms. The predicted molar refractivity (Wildman–Crippen MR) is 71.2 cm³/mol. The molecular formula is C12H16N6O. The first-order valence-corrected chi connectivity index (χ1v) is 6.05. The van der Waals surface area contributed by atoms with Crippen LogP contribution in [-0.2, 0) is 0 Å². The first-order valence-electron chi connectivity index (χ1n) is 6.05. The highest BCUT2D eigenvalue weighted by molar-refractivity contribution is 5.90. The number of hydrogen-bond donors (Lipinski definition) is 2. The lowest BCUT2D eigenvalue weighted by molar-refractivity contribution is 0.0995. The molecule has 7 nitrogen and oxygen atoms in total. The van der Waals surface area contributed by atoms with Crippen molar-refractivity contribution in [3.8, 4) is 5.82 Å². The molecule has 100 valence electrons. The lowest BCUT2D eigenvalue weighted by Gasteiger charge is -2.07. The molecule has 7 heteroatoms. The summed E-state index contributed by atoms with van der Waals surface area (Å²) < 4.78 is 1.51. The van der Waals surface area contributed by atoms with Gasteiger partial charge in [0.05, 0.1) is 0 Å². The Bertz CT molecular complexity index is 592. The number of carbonyl (C=O) groups excluding carboxylic acids is 1. The monoisotopic (exact) mass is 260 g/mol. The van der Waals surface area contributed by atoms with Crippen molar-refractivity contribution in [3.05, 3.63) is 29.7 Å². The number of aryl methyl sites for hydroxylation is 1. The first-order chi connectivity index (χ1) is 9.10. The van der Waals surface area contributed by atoms with Gasteiger partial charge in [-0.15, -0.1) is 0 Å². The van der Waals surface area contributed by atoms with Crippen molar-refractivity contribution in [2.75, 3.05) is 11.9 Å². The highest BCUT2D eigenvalue weighted by Crippen LogP contribution is 2.09. The fourth-order valence-electron chi connectivity index (χ4n) is 1.57. The Morgan fingerprint density at radius 2 is 2.26 bits per heavy atom. The second-order valence-corrected chi connectivity index (χ2v) is 4.13. The van der Waals surface area contributed by atoms with E-state index in [1.165, 1.54) is 4.68 Å². The van der Waals surface area contributed by atoms with Crippen LogP contribution in [0.15, 0.2) is 18.3 Å². The summed E-state index contributed by atoms with van der Waals surface area (Å²) in [7, 11) is 0. The summed E-state index contributed by atoms with van der Waals surface area (Å²) in [5, 5.41) is 7.19. The number of aromatic nitrogens is 4. The number of nitrogens with two attached hydrogens (primary N) is 1. The summed E-state index contributed by atoms with van der Waals surface area (Å²) in [6.45, 7) is 4.74. The van der Waals surface area contributed by atoms with Crippen molar-refractivity contribution in [1.29, 1.82) is 0 Å². The molecule has 2 heterocycles. The van der Waals surface area contributed by atoms with Crippen LogP contribution in [0.4, 0.5) is 5.95 Å².